The maximum atomic E-state index is 6.03. The second kappa shape index (κ2) is 4.87. The first-order valence-corrected chi connectivity index (χ1v) is 5.59. The van der Waals surface area contributed by atoms with Gasteiger partial charge in [0.1, 0.15) is 0 Å². The summed E-state index contributed by atoms with van der Waals surface area (Å²) in [6, 6.07) is 0.144. The van der Waals surface area contributed by atoms with Crippen molar-refractivity contribution in [1.82, 2.24) is 4.98 Å². The Balaban J connectivity index is 2.40. The molecule has 0 saturated carbocycles. The first-order valence-electron chi connectivity index (χ1n) is 4.71. The molecule has 80 valence electrons. The number of ether oxygens (including phenoxy) is 1. The molecule has 2 N–H and O–H groups in total. The quantitative estimate of drug-likeness (QED) is 0.813. The molecule has 0 amide bonds. The molecule has 14 heavy (non-hydrogen) atoms. The van der Waals surface area contributed by atoms with Crippen LogP contribution in [0, 0.1) is 0 Å². The molecule has 1 aromatic heterocycles. The first-order chi connectivity index (χ1) is 6.53. The fourth-order valence-electron chi connectivity index (χ4n) is 1.39. The minimum absolute atomic E-state index is 0.135. The maximum absolute atomic E-state index is 6.03. The fourth-order valence-corrected chi connectivity index (χ4v) is 2.08. The highest BCUT2D eigenvalue weighted by atomic mass is 32.1. The molecule has 0 fully saturated rings. The van der Waals surface area contributed by atoms with Crippen LogP contribution in [0.25, 0.3) is 0 Å². The molecule has 0 spiro atoms. The van der Waals surface area contributed by atoms with Gasteiger partial charge in [-0.1, -0.05) is 0 Å². The van der Waals surface area contributed by atoms with Crippen molar-refractivity contribution in [2.24, 2.45) is 5.73 Å². The second-order valence-electron chi connectivity index (χ2n) is 4.10. The van der Waals surface area contributed by atoms with Crippen molar-refractivity contribution in [1.29, 1.82) is 0 Å². The van der Waals surface area contributed by atoms with E-state index in [1.807, 2.05) is 11.7 Å². The number of thiazole rings is 1. The third-order valence-corrected chi connectivity index (χ3v) is 3.06. The Morgan fingerprint density at radius 2 is 2.36 bits per heavy atom. The van der Waals surface area contributed by atoms with Gasteiger partial charge in [0.2, 0.25) is 0 Å². The van der Waals surface area contributed by atoms with E-state index in [0.717, 1.165) is 12.8 Å². The number of methoxy groups -OCH3 is 1. The fraction of sp³-hybridized carbons (Fsp3) is 0.700. The highest BCUT2D eigenvalue weighted by Crippen LogP contribution is 2.18. The topological polar surface area (TPSA) is 48.1 Å². The molecule has 0 radical (unpaired) electrons. The summed E-state index contributed by atoms with van der Waals surface area (Å²) in [4.78, 5) is 5.26. The Labute approximate surface area is 89.3 Å². The third kappa shape index (κ3) is 3.74. The van der Waals surface area contributed by atoms with Crippen LogP contribution in [0.3, 0.4) is 0 Å². The van der Waals surface area contributed by atoms with Crippen LogP contribution in [0.4, 0.5) is 0 Å². The first kappa shape index (κ1) is 11.6. The number of nitrogens with two attached hydrogens (primary N) is 1. The van der Waals surface area contributed by atoms with E-state index in [0.29, 0.717) is 0 Å². The molecule has 0 aliphatic heterocycles. The smallest absolute Gasteiger partial charge is 0.0794 e. The molecule has 1 heterocycles. The Bertz CT molecular complexity index is 259. The SMILES string of the molecule is COC(C)(C)CC(N)Cc1cncs1. The molecule has 1 unspecified atom stereocenters. The number of rotatable bonds is 5. The van der Waals surface area contributed by atoms with E-state index in [4.69, 9.17) is 10.5 Å². The predicted molar refractivity (Wildman–Crippen MR) is 59.5 cm³/mol. The molecular formula is C10H18N2OS. The highest BCUT2D eigenvalue weighted by molar-refractivity contribution is 7.09. The van der Waals surface area contributed by atoms with Crippen LogP contribution in [0.2, 0.25) is 0 Å². The number of nitrogens with zero attached hydrogens (tertiary/aromatic N) is 1. The molecule has 4 heteroatoms. The van der Waals surface area contributed by atoms with Crippen molar-refractivity contribution >= 4 is 11.3 Å². The predicted octanol–water partition coefficient (Wildman–Crippen LogP) is 1.83. The van der Waals surface area contributed by atoms with Gasteiger partial charge in [0.15, 0.2) is 0 Å². The summed E-state index contributed by atoms with van der Waals surface area (Å²) in [5, 5.41) is 0. The Morgan fingerprint density at radius 3 is 2.86 bits per heavy atom. The van der Waals surface area contributed by atoms with Crippen LogP contribution in [0.15, 0.2) is 11.7 Å². The van der Waals surface area contributed by atoms with Crippen molar-refractivity contribution in [3.8, 4) is 0 Å². The summed E-state index contributed by atoms with van der Waals surface area (Å²) in [7, 11) is 1.72. The average Bonchev–Trinajstić information content (AvgIpc) is 2.55. The van der Waals surface area contributed by atoms with Gasteiger partial charge < -0.3 is 10.5 Å². The molecule has 3 nitrogen and oxygen atoms in total. The molecule has 0 aliphatic rings. The summed E-state index contributed by atoms with van der Waals surface area (Å²) in [6.45, 7) is 4.11. The van der Waals surface area contributed by atoms with Gasteiger partial charge in [-0.05, 0) is 26.7 Å². The van der Waals surface area contributed by atoms with E-state index in [-0.39, 0.29) is 11.6 Å². The van der Waals surface area contributed by atoms with Crippen LogP contribution in [-0.4, -0.2) is 23.7 Å². The number of hydrogen-bond acceptors (Lipinski definition) is 4. The monoisotopic (exact) mass is 214 g/mol. The van der Waals surface area contributed by atoms with E-state index in [9.17, 15) is 0 Å². The minimum Gasteiger partial charge on any atom is -0.379 e. The molecule has 0 saturated heterocycles. The van der Waals surface area contributed by atoms with E-state index in [1.54, 1.807) is 18.4 Å². The third-order valence-electron chi connectivity index (χ3n) is 2.25. The van der Waals surface area contributed by atoms with Gasteiger partial charge in [-0.3, -0.25) is 4.98 Å². The molecular weight excluding hydrogens is 196 g/mol. The van der Waals surface area contributed by atoms with Gasteiger partial charge >= 0.3 is 0 Å². The second-order valence-corrected chi connectivity index (χ2v) is 5.07. The Kier molecular flexibility index (Phi) is 4.04. The van der Waals surface area contributed by atoms with Gasteiger partial charge in [-0.2, -0.15) is 0 Å². The van der Waals surface area contributed by atoms with Gasteiger partial charge in [0.05, 0.1) is 11.1 Å². The summed E-state index contributed by atoms with van der Waals surface area (Å²) in [5.74, 6) is 0. The number of aromatic nitrogens is 1. The van der Waals surface area contributed by atoms with E-state index in [1.165, 1.54) is 4.88 Å². The van der Waals surface area contributed by atoms with Crippen molar-refractivity contribution in [3.05, 3.63) is 16.6 Å². The molecule has 0 bridgehead atoms. The lowest BCUT2D eigenvalue weighted by atomic mass is 9.97. The summed E-state index contributed by atoms with van der Waals surface area (Å²) in [6.07, 6.45) is 3.63. The standard InChI is InChI=1S/C10H18N2OS/c1-10(2,13-3)5-8(11)4-9-6-12-7-14-9/h6-8H,4-5,11H2,1-3H3. The molecule has 0 aromatic carbocycles. The van der Waals surface area contributed by atoms with E-state index < -0.39 is 0 Å². The van der Waals surface area contributed by atoms with Crippen molar-refractivity contribution < 1.29 is 4.74 Å². The zero-order valence-electron chi connectivity index (χ0n) is 8.99. The van der Waals surface area contributed by atoms with Crippen molar-refractivity contribution in [2.45, 2.75) is 38.3 Å². The lowest BCUT2D eigenvalue weighted by Gasteiger charge is -2.26. The highest BCUT2D eigenvalue weighted by Gasteiger charge is 2.20. The lowest BCUT2D eigenvalue weighted by molar-refractivity contribution is 0.0102. The van der Waals surface area contributed by atoms with E-state index in [2.05, 4.69) is 18.8 Å². The summed E-state index contributed by atoms with van der Waals surface area (Å²) < 4.78 is 5.34. The zero-order chi connectivity index (χ0) is 10.6. The number of hydrogen-bond donors (Lipinski definition) is 1. The van der Waals surface area contributed by atoms with Crippen LogP contribution >= 0.6 is 11.3 Å². The van der Waals surface area contributed by atoms with E-state index >= 15 is 0 Å². The minimum atomic E-state index is -0.135. The van der Waals surface area contributed by atoms with Crippen LogP contribution in [0.5, 0.6) is 0 Å². The Morgan fingerprint density at radius 1 is 1.64 bits per heavy atom. The van der Waals surface area contributed by atoms with Gasteiger partial charge in [0, 0.05) is 24.2 Å². The maximum Gasteiger partial charge on any atom is 0.0794 e. The largest absolute Gasteiger partial charge is 0.379 e. The van der Waals surface area contributed by atoms with Crippen LogP contribution in [0.1, 0.15) is 25.1 Å². The van der Waals surface area contributed by atoms with Crippen molar-refractivity contribution in [2.75, 3.05) is 7.11 Å². The van der Waals surface area contributed by atoms with Crippen molar-refractivity contribution in [3.63, 3.8) is 0 Å². The normalized spacial score (nSPS) is 14.3. The molecule has 1 rings (SSSR count). The molecule has 1 aromatic rings. The Hall–Kier alpha value is -0.450. The van der Waals surface area contributed by atoms with Crippen LogP contribution in [-0.2, 0) is 11.2 Å². The zero-order valence-corrected chi connectivity index (χ0v) is 9.80. The van der Waals surface area contributed by atoms with Crippen LogP contribution < -0.4 is 5.73 Å². The van der Waals surface area contributed by atoms with Gasteiger partial charge in [0.25, 0.3) is 0 Å². The van der Waals surface area contributed by atoms with Gasteiger partial charge in [-0.15, -0.1) is 11.3 Å². The lowest BCUT2D eigenvalue weighted by Crippen LogP contribution is -2.34. The summed E-state index contributed by atoms with van der Waals surface area (Å²) >= 11 is 1.65. The molecule has 1 atom stereocenters. The van der Waals surface area contributed by atoms with Gasteiger partial charge in [-0.25, -0.2) is 0 Å². The summed E-state index contributed by atoms with van der Waals surface area (Å²) in [5.41, 5.74) is 7.73. The average molecular weight is 214 g/mol. The molecule has 0 aliphatic carbocycles.